The molecular formula is C25H27N5O2S2. The minimum atomic E-state index is -0.208. The second kappa shape index (κ2) is 10.2. The molecule has 0 atom stereocenters. The molecule has 1 aliphatic rings. The molecule has 176 valence electrons. The highest BCUT2D eigenvalue weighted by atomic mass is 32.1. The van der Waals surface area contributed by atoms with Gasteiger partial charge in [0.05, 0.1) is 11.7 Å². The molecule has 4 aromatic rings. The Morgan fingerprint density at radius 3 is 2.71 bits per heavy atom. The highest BCUT2D eigenvalue weighted by Gasteiger charge is 2.16. The lowest BCUT2D eigenvalue weighted by Crippen LogP contribution is -2.43. The van der Waals surface area contributed by atoms with E-state index in [4.69, 9.17) is 0 Å². The molecule has 1 N–H and O–H groups in total. The Morgan fingerprint density at radius 2 is 1.91 bits per heavy atom. The summed E-state index contributed by atoms with van der Waals surface area (Å²) in [5.41, 5.74) is 3.01. The molecule has 0 aliphatic carbocycles. The first-order valence-electron chi connectivity index (χ1n) is 11.3. The molecule has 1 saturated heterocycles. The average molecular weight is 494 g/mol. The third-order valence-electron chi connectivity index (χ3n) is 6.14. The topological polar surface area (TPSA) is 70.5 Å². The second-order valence-corrected chi connectivity index (χ2v) is 10.5. The monoisotopic (exact) mass is 493 g/mol. The van der Waals surface area contributed by atoms with E-state index in [1.807, 2.05) is 35.0 Å². The van der Waals surface area contributed by atoms with Crippen molar-refractivity contribution >= 4 is 38.8 Å². The van der Waals surface area contributed by atoms with Crippen molar-refractivity contribution in [3.8, 4) is 10.4 Å². The van der Waals surface area contributed by atoms with Gasteiger partial charge >= 0.3 is 0 Å². The molecular weight excluding hydrogens is 466 g/mol. The second-order valence-electron chi connectivity index (χ2n) is 8.66. The van der Waals surface area contributed by atoms with Crippen molar-refractivity contribution < 1.29 is 4.79 Å². The Hall–Kier alpha value is -2.85. The number of fused-ring (bicyclic) bond motifs is 1. The standard InChI is InChI=1S/C25H27N5O2S2/c1-28-7-9-29(10-8-28)14-19-5-2-4-18(12-19)13-26-22(31)15-30-17-27-24-23(25(30)32)20(16-34-24)21-6-3-11-33-21/h2-6,11-12,16-17H,7-10,13-15H2,1H3,(H,26,31). The summed E-state index contributed by atoms with van der Waals surface area (Å²) in [4.78, 5) is 36.7. The number of benzene rings is 1. The molecule has 1 aromatic carbocycles. The van der Waals surface area contributed by atoms with Gasteiger partial charge in [-0.2, -0.15) is 0 Å². The van der Waals surface area contributed by atoms with Crippen LogP contribution in [-0.2, 0) is 24.4 Å². The molecule has 7 nitrogen and oxygen atoms in total. The van der Waals surface area contributed by atoms with E-state index in [9.17, 15) is 9.59 Å². The fourth-order valence-electron chi connectivity index (χ4n) is 4.21. The Bertz CT molecular complexity index is 1340. The maximum Gasteiger partial charge on any atom is 0.263 e. The van der Waals surface area contributed by atoms with Gasteiger partial charge in [-0.3, -0.25) is 19.1 Å². The van der Waals surface area contributed by atoms with E-state index in [0.29, 0.717) is 16.8 Å². The van der Waals surface area contributed by atoms with Crippen LogP contribution in [0.1, 0.15) is 11.1 Å². The minimum absolute atomic E-state index is 0.0531. The van der Waals surface area contributed by atoms with E-state index in [0.717, 1.165) is 48.7 Å². The van der Waals surface area contributed by atoms with Crippen molar-refractivity contribution in [1.29, 1.82) is 0 Å². The van der Waals surface area contributed by atoms with Crippen molar-refractivity contribution in [2.24, 2.45) is 0 Å². The molecule has 3 aromatic heterocycles. The normalized spacial score (nSPS) is 15.1. The third kappa shape index (κ3) is 5.12. The highest BCUT2D eigenvalue weighted by molar-refractivity contribution is 7.18. The van der Waals surface area contributed by atoms with E-state index in [1.165, 1.54) is 27.8 Å². The molecule has 0 radical (unpaired) electrons. The van der Waals surface area contributed by atoms with Gasteiger partial charge in [-0.15, -0.1) is 22.7 Å². The van der Waals surface area contributed by atoms with E-state index < -0.39 is 0 Å². The fourth-order valence-corrected chi connectivity index (χ4v) is 5.93. The van der Waals surface area contributed by atoms with Crippen molar-refractivity contribution in [3.05, 3.63) is 75.0 Å². The van der Waals surface area contributed by atoms with Gasteiger partial charge < -0.3 is 10.2 Å². The SMILES string of the molecule is CN1CCN(Cc2cccc(CNC(=O)Cn3cnc4scc(-c5cccs5)c4c3=O)c2)CC1. The Morgan fingerprint density at radius 1 is 1.09 bits per heavy atom. The molecule has 5 rings (SSSR count). The molecule has 1 fully saturated rings. The van der Waals surface area contributed by atoms with E-state index in [-0.39, 0.29) is 18.0 Å². The van der Waals surface area contributed by atoms with Gasteiger partial charge in [-0.25, -0.2) is 4.98 Å². The number of carbonyl (C=O) groups is 1. The number of piperazine rings is 1. The van der Waals surface area contributed by atoms with Crippen molar-refractivity contribution in [2.75, 3.05) is 33.2 Å². The number of amides is 1. The zero-order valence-electron chi connectivity index (χ0n) is 19.1. The Labute approximate surface area is 206 Å². The smallest absolute Gasteiger partial charge is 0.263 e. The van der Waals surface area contributed by atoms with Crippen LogP contribution in [0.25, 0.3) is 20.7 Å². The van der Waals surface area contributed by atoms with Crippen molar-refractivity contribution in [3.63, 3.8) is 0 Å². The molecule has 0 saturated carbocycles. The zero-order valence-corrected chi connectivity index (χ0v) is 20.7. The predicted octanol–water partition coefficient (Wildman–Crippen LogP) is 3.25. The number of nitrogens with one attached hydrogen (secondary N) is 1. The minimum Gasteiger partial charge on any atom is -0.350 e. The number of carbonyl (C=O) groups excluding carboxylic acids is 1. The number of hydrogen-bond acceptors (Lipinski definition) is 7. The van der Waals surface area contributed by atoms with Gasteiger partial charge in [-0.05, 0) is 29.6 Å². The maximum absolute atomic E-state index is 13.1. The first kappa shape index (κ1) is 22.9. The lowest BCUT2D eigenvalue weighted by atomic mass is 10.1. The number of nitrogens with zero attached hydrogens (tertiary/aromatic N) is 4. The lowest BCUT2D eigenvalue weighted by molar-refractivity contribution is -0.121. The van der Waals surface area contributed by atoms with Gasteiger partial charge in [0.25, 0.3) is 5.56 Å². The van der Waals surface area contributed by atoms with Crippen LogP contribution in [0.4, 0.5) is 0 Å². The summed E-state index contributed by atoms with van der Waals surface area (Å²) in [7, 11) is 2.16. The first-order valence-corrected chi connectivity index (χ1v) is 13.1. The number of rotatable bonds is 7. The number of hydrogen-bond donors (Lipinski definition) is 1. The zero-order chi connectivity index (χ0) is 23.5. The number of likely N-dealkylation sites (N-methyl/N-ethyl adjacent to an activating group) is 1. The van der Waals surface area contributed by atoms with E-state index in [2.05, 4.69) is 39.3 Å². The van der Waals surface area contributed by atoms with Crippen LogP contribution in [0.5, 0.6) is 0 Å². The summed E-state index contributed by atoms with van der Waals surface area (Å²) >= 11 is 3.04. The summed E-state index contributed by atoms with van der Waals surface area (Å²) in [6, 6.07) is 12.3. The maximum atomic E-state index is 13.1. The van der Waals surface area contributed by atoms with Gasteiger partial charge in [0.2, 0.25) is 5.91 Å². The molecule has 1 amide bonds. The average Bonchev–Trinajstić information content (AvgIpc) is 3.52. The van der Waals surface area contributed by atoms with Crippen molar-refractivity contribution in [2.45, 2.75) is 19.6 Å². The molecule has 0 spiro atoms. The summed E-state index contributed by atoms with van der Waals surface area (Å²) in [5, 5.41) is 7.49. The molecule has 4 heterocycles. The van der Waals surface area contributed by atoms with Crippen LogP contribution in [-0.4, -0.2) is 58.5 Å². The van der Waals surface area contributed by atoms with Gasteiger partial charge in [-0.1, -0.05) is 30.3 Å². The first-order chi connectivity index (χ1) is 16.6. The van der Waals surface area contributed by atoms with Crippen molar-refractivity contribution in [1.82, 2.24) is 24.7 Å². The van der Waals surface area contributed by atoms with Crippen LogP contribution in [0.2, 0.25) is 0 Å². The van der Waals surface area contributed by atoms with Gasteiger partial charge in [0.15, 0.2) is 0 Å². The Balaban J connectivity index is 1.23. The van der Waals surface area contributed by atoms with Gasteiger partial charge in [0, 0.05) is 55.1 Å². The highest BCUT2D eigenvalue weighted by Crippen LogP contribution is 2.33. The Kier molecular flexibility index (Phi) is 6.87. The van der Waals surface area contributed by atoms with Crippen LogP contribution in [0.3, 0.4) is 0 Å². The third-order valence-corrected chi connectivity index (χ3v) is 7.93. The predicted molar refractivity (Wildman–Crippen MR) is 138 cm³/mol. The van der Waals surface area contributed by atoms with Crippen LogP contribution >= 0.6 is 22.7 Å². The van der Waals surface area contributed by atoms with E-state index in [1.54, 1.807) is 11.3 Å². The summed E-state index contributed by atoms with van der Waals surface area (Å²) < 4.78 is 1.39. The van der Waals surface area contributed by atoms with Crippen LogP contribution in [0.15, 0.2) is 58.3 Å². The molecule has 1 aliphatic heterocycles. The number of thiophene rings is 2. The molecule has 0 bridgehead atoms. The molecule has 9 heteroatoms. The summed E-state index contributed by atoms with van der Waals surface area (Å²) in [6.45, 7) is 5.63. The van der Waals surface area contributed by atoms with E-state index >= 15 is 0 Å². The lowest BCUT2D eigenvalue weighted by Gasteiger charge is -2.32. The molecule has 0 unspecified atom stereocenters. The summed E-state index contributed by atoms with van der Waals surface area (Å²) in [5.74, 6) is -0.208. The quantitative estimate of drug-likeness (QED) is 0.428. The molecule has 34 heavy (non-hydrogen) atoms. The van der Waals surface area contributed by atoms with Gasteiger partial charge in [0.1, 0.15) is 11.4 Å². The fraction of sp³-hybridized carbons (Fsp3) is 0.320. The van der Waals surface area contributed by atoms with Crippen LogP contribution in [0, 0.1) is 0 Å². The van der Waals surface area contributed by atoms with Crippen LogP contribution < -0.4 is 10.9 Å². The number of aromatic nitrogens is 2. The largest absolute Gasteiger partial charge is 0.350 e. The summed E-state index contributed by atoms with van der Waals surface area (Å²) in [6.07, 6.45) is 1.47.